The van der Waals surface area contributed by atoms with Gasteiger partial charge in [-0.25, -0.2) is 19.2 Å². The molecule has 0 aromatic heterocycles. The van der Waals surface area contributed by atoms with E-state index in [1.807, 2.05) is 0 Å². The molecule has 14 heteroatoms. The molecule has 2 aliphatic rings. The van der Waals surface area contributed by atoms with Gasteiger partial charge in [0.15, 0.2) is 6.10 Å². The molecule has 0 radical (unpaired) electrons. The van der Waals surface area contributed by atoms with E-state index >= 15 is 0 Å². The Morgan fingerprint density at radius 2 is 1.31 bits per heavy atom. The highest BCUT2D eigenvalue weighted by atomic mass is 35.5. The van der Waals surface area contributed by atoms with E-state index in [1.165, 1.54) is 48.5 Å². The first kappa shape index (κ1) is 34.9. The van der Waals surface area contributed by atoms with Crippen LogP contribution in [0.4, 0.5) is 4.79 Å². The lowest BCUT2D eigenvalue weighted by atomic mass is 10.1. The van der Waals surface area contributed by atoms with Gasteiger partial charge in [-0.15, -0.1) is 0 Å². The van der Waals surface area contributed by atoms with E-state index in [4.69, 9.17) is 44.8 Å². The molecule has 0 aliphatic carbocycles. The summed E-state index contributed by atoms with van der Waals surface area (Å²) in [6.45, 7) is 6.91. The van der Waals surface area contributed by atoms with Crippen molar-refractivity contribution in [2.24, 2.45) is 0 Å². The van der Waals surface area contributed by atoms with Crippen LogP contribution in [0.15, 0.2) is 73.8 Å². The molecule has 2 aliphatic heterocycles. The van der Waals surface area contributed by atoms with Crippen LogP contribution in [0.2, 0.25) is 0 Å². The first-order chi connectivity index (χ1) is 21.6. The highest BCUT2D eigenvalue weighted by Crippen LogP contribution is 2.29. The molecule has 4 rings (SSSR count). The number of esters is 3. The summed E-state index contributed by atoms with van der Waals surface area (Å²) in [6, 6.07) is 11.5. The fourth-order valence-corrected chi connectivity index (χ4v) is 3.95. The molecule has 2 aromatic rings. The number of hydrogen-bond donors (Lipinski definition) is 1. The van der Waals surface area contributed by atoms with E-state index in [9.17, 15) is 29.1 Å². The lowest BCUT2D eigenvalue weighted by Crippen LogP contribution is -2.34. The normalized spacial score (nSPS) is 19.5. The second-order valence-corrected chi connectivity index (χ2v) is 9.71. The number of halogens is 1. The number of carbonyl (C=O) groups excluding carboxylic acids is 5. The van der Waals surface area contributed by atoms with Gasteiger partial charge in [0.05, 0.1) is 37.6 Å². The van der Waals surface area contributed by atoms with E-state index < -0.39 is 53.7 Å². The molecule has 0 spiro atoms. The molecule has 4 atom stereocenters. The van der Waals surface area contributed by atoms with Gasteiger partial charge in [-0.1, -0.05) is 13.2 Å². The number of rotatable bonds is 12. The Morgan fingerprint density at radius 3 is 1.89 bits per heavy atom. The number of hydrogen-bond acceptors (Lipinski definition) is 13. The number of unbranched alkanes of at least 4 members (excludes halogenated alkanes) is 1. The van der Waals surface area contributed by atoms with Gasteiger partial charge in [-0.05, 0) is 79.0 Å². The van der Waals surface area contributed by atoms with Gasteiger partial charge in [-0.2, -0.15) is 0 Å². The number of carbonyl (C=O) groups is 5. The van der Waals surface area contributed by atoms with Crippen molar-refractivity contribution in [3.05, 3.63) is 85.0 Å². The molecule has 0 saturated carbocycles. The number of aliphatic hydroxyl groups excluding tert-OH is 1. The van der Waals surface area contributed by atoms with Crippen molar-refractivity contribution in [2.75, 3.05) is 26.4 Å². The van der Waals surface area contributed by atoms with Crippen LogP contribution >= 0.6 is 11.6 Å². The van der Waals surface area contributed by atoms with Gasteiger partial charge in [0.2, 0.25) is 5.24 Å². The molecule has 2 heterocycles. The van der Waals surface area contributed by atoms with Gasteiger partial charge in [0.1, 0.15) is 29.8 Å². The fraction of sp³-hybridized carbons (Fsp3) is 0.323. The van der Waals surface area contributed by atoms with Crippen LogP contribution in [0.25, 0.3) is 0 Å². The van der Waals surface area contributed by atoms with E-state index in [2.05, 4.69) is 13.2 Å². The Morgan fingerprint density at radius 1 is 0.778 bits per heavy atom. The lowest BCUT2D eigenvalue weighted by molar-refractivity contribution is -0.137. The fourth-order valence-electron chi connectivity index (χ4n) is 3.95. The van der Waals surface area contributed by atoms with E-state index in [-0.39, 0.29) is 49.1 Å². The summed E-state index contributed by atoms with van der Waals surface area (Å²) >= 11 is 4.71. The molecule has 1 N–H and O–H groups in total. The van der Waals surface area contributed by atoms with Crippen molar-refractivity contribution in [2.45, 2.75) is 37.3 Å². The summed E-state index contributed by atoms with van der Waals surface area (Å²) in [5.41, 5.74) is 0.444. The molecule has 0 bridgehead atoms. The van der Waals surface area contributed by atoms with Gasteiger partial charge in [-0.3, -0.25) is 4.79 Å². The summed E-state index contributed by atoms with van der Waals surface area (Å²) < 4.78 is 36.5. The molecular formula is C31H31ClO13. The summed E-state index contributed by atoms with van der Waals surface area (Å²) in [5.74, 6) is -1.40. The summed E-state index contributed by atoms with van der Waals surface area (Å²) in [5, 5.41) is 9.29. The largest absolute Gasteiger partial charge is 0.513 e. The van der Waals surface area contributed by atoms with Crippen molar-refractivity contribution < 1.29 is 62.2 Å². The third-order valence-corrected chi connectivity index (χ3v) is 6.32. The average molecular weight is 647 g/mol. The third-order valence-electron chi connectivity index (χ3n) is 6.16. The zero-order valence-electron chi connectivity index (χ0n) is 24.0. The van der Waals surface area contributed by atoms with Crippen molar-refractivity contribution in [3.63, 3.8) is 0 Å². The monoisotopic (exact) mass is 646 g/mol. The standard InChI is InChI=1S/C28H28O12.C3H3ClO/c1-2-23(30)34-13-3-4-14-35-28(33)39-20-11-7-17(8-12-20)26(31)38-19-9-5-18(6-10-19)27(32)40-22-16-37-24-21(29)15-36-25(22)24;1-2-3(4)5/h2,5-12,21-22,24-25,29H,1,3-4,13-16H2;2H,1H2/t21-,22-,24?,25?;/m0./s1. The number of fused-ring (bicyclic) bond motifs is 1. The first-order valence-electron chi connectivity index (χ1n) is 13.6. The lowest BCUT2D eigenvalue weighted by Gasteiger charge is -2.16. The number of ether oxygens (including phenoxy) is 7. The molecule has 2 aromatic carbocycles. The number of aliphatic hydroxyl groups is 1. The zero-order valence-corrected chi connectivity index (χ0v) is 24.7. The highest BCUT2D eigenvalue weighted by Gasteiger charge is 2.49. The highest BCUT2D eigenvalue weighted by molar-refractivity contribution is 6.66. The Bertz CT molecular complexity index is 1360. The minimum atomic E-state index is -0.911. The Kier molecular flexibility index (Phi) is 13.7. The van der Waals surface area contributed by atoms with Crippen LogP contribution in [0, 0.1) is 0 Å². The van der Waals surface area contributed by atoms with Gasteiger partial charge in [0.25, 0.3) is 0 Å². The van der Waals surface area contributed by atoms with Crippen LogP contribution in [-0.2, 0) is 33.3 Å². The quantitative estimate of drug-likeness (QED) is 0.0676. The number of benzene rings is 2. The maximum Gasteiger partial charge on any atom is 0.513 e. The van der Waals surface area contributed by atoms with E-state index in [0.717, 1.165) is 12.2 Å². The zero-order chi connectivity index (χ0) is 32.8. The number of allylic oxidation sites excluding steroid dienone is 1. The van der Waals surface area contributed by atoms with Crippen LogP contribution in [-0.4, -0.2) is 85.3 Å². The van der Waals surface area contributed by atoms with Crippen molar-refractivity contribution in [3.8, 4) is 11.5 Å². The molecular weight excluding hydrogens is 616 g/mol. The van der Waals surface area contributed by atoms with Crippen LogP contribution in [0.5, 0.6) is 11.5 Å². The second-order valence-electron chi connectivity index (χ2n) is 9.33. The summed E-state index contributed by atoms with van der Waals surface area (Å²) in [7, 11) is 0. The molecule has 13 nitrogen and oxygen atoms in total. The molecule has 2 saturated heterocycles. The Hall–Kier alpha value is -4.56. The smallest absolute Gasteiger partial charge is 0.463 e. The molecule has 0 amide bonds. The molecule has 45 heavy (non-hydrogen) atoms. The Labute approximate surface area is 263 Å². The maximum absolute atomic E-state index is 12.5. The maximum atomic E-state index is 12.5. The minimum Gasteiger partial charge on any atom is -0.463 e. The van der Waals surface area contributed by atoms with Crippen molar-refractivity contribution in [1.82, 2.24) is 0 Å². The topological polar surface area (TPSA) is 170 Å². The van der Waals surface area contributed by atoms with Gasteiger partial charge in [0, 0.05) is 6.08 Å². The van der Waals surface area contributed by atoms with Gasteiger partial charge >= 0.3 is 24.1 Å². The van der Waals surface area contributed by atoms with Gasteiger partial charge < -0.3 is 38.3 Å². The predicted octanol–water partition coefficient (Wildman–Crippen LogP) is 3.55. The van der Waals surface area contributed by atoms with E-state index in [0.29, 0.717) is 12.8 Å². The molecule has 2 fully saturated rings. The molecule has 240 valence electrons. The SMILES string of the molecule is C=CC(=O)Cl.C=CC(=O)OCCCCOC(=O)Oc1ccc(C(=O)Oc2ccc(C(=O)O[C@H]3COC4C3OC[C@@H]4O)cc2)cc1. The first-order valence-corrected chi connectivity index (χ1v) is 14.0. The second kappa shape index (κ2) is 17.7. The van der Waals surface area contributed by atoms with Crippen LogP contribution in [0.1, 0.15) is 33.6 Å². The van der Waals surface area contributed by atoms with Crippen LogP contribution in [0.3, 0.4) is 0 Å². The minimum absolute atomic E-state index is 0.0833. The average Bonchev–Trinajstić information content (AvgIpc) is 3.61. The third kappa shape index (κ3) is 11.1. The van der Waals surface area contributed by atoms with Crippen molar-refractivity contribution in [1.29, 1.82) is 0 Å². The Balaban J connectivity index is 0.00000102. The van der Waals surface area contributed by atoms with E-state index in [1.54, 1.807) is 0 Å². The molecule has 2 unspecified atom stereocenters. The van der Waals surface area contributed by atoms with Crippen LogP contribution < -0.4 is 9.47 Å². The summed E-state index contributed by atoms with van der Waals surface area (Å²) in [4.78, 5) is 57.2. The summed E-state index contributed by atoms with van der Waals surface area (Å²) in [6.07, 6.45) is -0.197. The van der Waals surface area contributed by atoms with Crippen molar-refractivity contribution >= 4 is 40.9 Å². The predicted molar refractivity (Wildman–Crippen MR) is 156 cm³/mol.